The fraction of sp³-hybridized carbons (Fsp3) is 0.333. The van der Waals surface area contributed by atoms with Crippen LogP contribution >= 0.6 is 23.2 Å². The normalized spacial score (nSPS) is 20.5. The molecule has 4 rings (SSSR count). The first-order valence-corrected chi connectivity index (χ1v) is 12.3. The summed E-state index contributed by atoms with van der Waals surface area (Å²) in [4.78, 5) is 13.6. The van der Waals surface area contributed by atoms with Gasteiger partial charge in [0, 0.05) is 18.8 Å². The van der Waals surface area contributed by atoms with Crippen molar-refractivity contribution in [3.8, 4) is 0 Å². The number of carbonyl (C=O) groups is 1. The quantitative estimate of drug-likeness (QED) is 0.642. The van der Waals surface area contributed by atoms with Crippen LogP contribution in [0.2, 0.25) is 10.0 Å². The van der Waals surface area contributed by atoms with Gasteiger partial charge < -0.3 is 9.84 Å². The number of aromatic nitrogens is 1. The van der Waals surface area contributed by atoms with E-state index in [1.54, 1.807) is 30.1 Å². The number of allylic oxidation sites excluding steroid dienone is 1. The highest BCUT2D eigenvalue weighted by Gasteiger charge is 2.43. The van der Waals surface area contributed by atoms with Crippen molar-refractivity contribution in [2.45, 2.75) is 44.7 Å². The highest BCUT2D eigenvalue weighted by molar-refractivity contribution is 7.89. The van der Waals surface area contributed by atoms with E-state index in [1.807, 2.05) is 13.0 Å². The summed E-state index contributed by atoms with van der Waals surface area (Å²) in [7, 11) is -2.99. The summed E-state index contributed by atoms with van der Waals surface area (Å²) in [6, 6.07) is 4.41. The van der Waals surface area contributed by atoms with E-state index in [0.717, 1.165) is 10.1 Å². The maximum Gasteiger partial charge on any atom is 0.271 e. The predicted molar refractivity (Wildman–Crippen MR) is 123 cm³/mol. The van der Waals surface area contributed by atoms with Crippen molar-refractivity contribution in [1.29, 1.82) is 0 Å². The lowest BCUT2D eigenvalue weighted by Gasteiger charge is -2.40. The molecule has 0 saturated heterocycles. The molecule has 2 atom stereocenters. The van der Waals surface area contributed by atoms with Crippen molar-refractivity contribution >= 4 is 39.1 Å². The van der Waals surface area contributed by atoms with Crippen molar-refractivity contribution in [1.82, 2.24) is 25.2 Å². The van der Waals surface area contributed by atoms with Crippen molar-refractivity contribution in [3.63, 3.8) is 0 Å². The second-order valence-corrected chi connectivity index (χ2v) is 10.7. The Hall–Kier alpha value is -2.53. The Morgan fingerprint density at radius 3 is 2.52 bits per heavy atom. The van der Waals surface area contributed by atoms with Gasteiger partial charge in [-0.15, -0.1) is 0 Å². The molecule has 33 heavy (non-hydrogen) atoms. The van der Waals surface area contributed by atoms with Crippen molar-refractivity contribution in [2.75, 3.05) is 7.05 Å². The highest BCUT2D eigenvalue weighted by atomic mass is 35.5. The topological polar surface area (TPSA) is 108 Å². The maximum absolute atomic E-state index is 13.7. The van der Waals surface area contributed by atoms with Gasteiger partial charge in [0.05, 0.1) is 15.6 Å². The summed E-state index contributed by atoms with van der Waals surface area (Å²) < 4.78 is 32.4. The summed E-state index contributed by atoms with van der Waals surface area (Å²) in [5.41, 5.74) is 4.91. The van der Waals surface area contributed by atoms with E-state index in [1.165, 1.54) is 20.9 Å². The number of hydrazine groups is 1. The standard InChI is InChI=1S/C21H23Cl2N5O4S/c1-10-8-17-24-11(2)18(19(28(17)25-10)14-6-7-15(22)16(23)9-14)21(29)27(5)33(30,31)20-12(3)26-32-13(20)4/h6-10,19,24-25H,1-5H3. The maximum atomic E-state index is 13.7. The summed E-state index contributed by atoms with van der Waals surface area (Å²) in [5.74, 6) is 0.168. The van der Waals surface area contributed by atoms with E-state index in [-0.39, 0.29) is 28.0 Å². The van der Waals surface area contributed by atoms with Crippen LogP contribution in [0, 0.1) is 13.8 Å². The van der Waals surface area contributed by atoms with Gasteiger partial charge in [0.2, 0.25) is 0 Å². The third-order valence-electron chi connectivity index (χ3n) is 5.62. The number of hydrogen-bond acceptors (Lipinski definition) is 8. The minimum absolute atomic E-state index is 0.0104. The molecule has 0 spiro atoms. The molecule has 176 valence electrons. The minimum atomic E-state index is -4.22. The molecular weight excluding hydrogens is 489 g/mol. The highest BCUT2D eigenvalue weighted by Crippen LogP contribution is 2.40. The molecule has 0 bridgehead atoms. The summed E-state index contributed by atoms with van der Waals surface area (Å²) >= 11 is 12.4. The van der Waals surface area contributed by atoms with Gasteiger partial charge in [-0.05, 0) is 51.5 Å². The van der Waals surface area contributed by atoms with Crippen LogP contribution < -0.4 is 10.7 Å². The number of likely N-dealkylation sites (N-methyl/N-ethyl adjacent to an activating group) is 1. The van der Waals surface area contributed by atoms with Gasteiger partial charge in [-0.2, -0.15) is 0 Å². The number of sulfonamides is 1. The smallest absolute Gasteiger partial charge is 0.271 e. The van der Waals surface area contributed by atoms with E-state index < -0.39 is 22.0 Å². The van der Waals surface area contributed by atoms with Crippen molar-refractivity contribution < 1.29 is 17.7 Å². The van der Waals surface area contributed by atoms with Crippen LogP contribution in [-0.2, 0) is 14.8 Å². The first-order chi connectivity index (χ1) is 15.4. The Balaban J connectivity index is 1.83. The summed E-state index contributed by atoms with van der Waals surface area (Å²) in [6.45, 7) is 6.70. The molecule has 2 aromatic rings. The average Bonchev–Trinajstić information content (AvgIpc) is 3.28. The molecular formula is C21H23Cl2N5O4S. The molecule has 0 fully saturated rings. The molecule has 1 aromatic heterocycles. The number of halogens is 2. The van der Waals surface area contributed by atoms with E-state index in [0.29, 0.717) is 21.3 Å². The van der Waals surface area contributed by atoms with Crippen molar-refractivity contribution in [3.05, 3.63) is 68.4 Å². The number of nitrogens with zero attached hydrogens (tertiary/aromatic N) is 3. The van der Waals surface area contributed by atoms with Crippen LogP contribution in [-0.4, -0.2) is 41.9 Å². The van der Waals surface area contributed by atoms with E-state index in [9.17, 15) is 13.2 Å². The fourth-order valence-corrected chi connectivity index (χ4v) is 5.79. The number of amides is 1. The zero-order valence-electron chi connectivity index (χ0n) is 18.6. The molecule has 3 heterocycles. The van der Waals surface area contributed by atoms with Gasteiger partial charge in [0.15, 0.2) is 10.7 Å². The molecule has 1 amide bonds. The Morgan fingerprint density at radius 2 is 1.91 bits per heavy atom. The molecule has 2 aliphatic heterocycles. The van der Waals surface area contributed by atoms with Crippen LogP contribution in [0.3, 0.4) is 0 Å². The zero-order chi connectivity index (χ0) is 24.2. The molecule has 2 N–H and O–H groups in total. The molecule has 0 saturated carbocycles. The zero-order valence-corrected chi connectivity index (χ0v) is 20.9. The first-order valence-electron chi connectivity index (χ1n) is 10.1. The summed E-state index contributed by atoms with van der Waals surface area (Å²) in [6.07, 6.45) is 1.97. The summed E-state index contributed by atoms with van der Waals surface area (Å²) in [5, 5.41) is 9.41. The fourth-order valence-electron chi connectivity index (χ4n) is 4.09. The molecule has 0 radical (unpaired) electrons. The minimum Gasteiger partial charge on any atom is -0.360 e. The predicted octanol–water partition coefficient (Wildman–Crippen LogP) is 3.41. The van der Waals surface area contributed by atoms with Crippen LogP contribution in [0.25, 0.3) is 0 Å². The number of aryl methyl sites for hydroxylation is 2. The molecule has 12 heteroatoms. The van der Waals surface area contributed by atoms with Gasteiger partial charge in [-0.25, -0.2) is 18.1 Å². The number of carbonyl (C=O) groups excluding carboxylic acids is 1. The van der Waals surface area contributed by atoms with Crippen LogP contribution in [0.4, 0.5) is 0 Å². The average molecular weight is 512 g/mol. The molecule has 1 aromatic carbocycles. The molecule has 9 nitrogen and oxygen atoms in total. The number of hydrogen-bond donors (Lipinski definition) is 2. The third-order valence-corrected chi connectivity index (χ3v) is 8.35. The molecule has 0 aliphatic carbocycles. The molecule has 2 aliphatic rings. The Kier molecular flexibility index (Phi) is 5.98. The van der Waals surface area contributed by atoms with Gasteiger partial charge in [0.1, 0.15) is 17.6 Å². The molecule has 2 unspecified atom stereocenters. The van der Waals surface area contributed by atoms with E-state index in [2.05, 4.69) is 15.9 Å². The number of nitrogens with one attached hydrogen (secondary N) is 2. The van der Waals surface area contributed by atoms with E-state index >= 15 is 0 Å². The van der Waals surface area contributed by atoms with E-state index in [4.69, 9.17) is 27.7 Å². The number of benzene rings is 1. The second kappa shape index (κ2) is 8.35. The lowest BCUT2D eigenvalue weighted by molar-refractivity contribution is -0.122. The Labute approximate surface area is 202 Å². The van der Waals surface area contributed by atoms with Crippen LogP contribution in [0.15, 0.2) is 50.8 Å². The lowest BCUT2D eigenvalue weighted by atomic mass is 9.94. The lowest BCUT2D eigenvalue weighted by Crippen LogP contribution is -2.49. The van der Waals surface area contributed by atoms with Gasteiger partial charge in [-0.1, -0.05) is 34.4 Å². The first kappa shape index (κ1) is 23.6. The number of fused-ring (bicyclic) bond motifs is 1. The largest absolute Gasteiger partial charge is 0.360 e. The third kappa shape index (κ3) is 3.90. The monoisotopic (exact) mass is 511 g/mol. The Morgan fingerprint density at radius 1 is 1.21 bits per heavy atom. The Bertz CT molecular complexity index is 1300. The SMILES string of the molecule is CC1=C(C(=O)N(C)S(=O)(=O)c2c(C)noc2C)C(c2ccc(Cl)c(Cl)c2)N2NC(C)C=C2N1. The number of rotatable bonds is 4. The van der Waals surface area contributed by atoms with Crippen molar-refractivity contribution in [2.24, 2.45) is 0 Å². The van der Waals surface area contributed by atoms with Crippen LogP contribution in [0.5, 0.6) is 0 Å². The van der Waals surface area contributed by atoms with Gasteiger partial charge in [0.25, 0.3) is 15.9 Å². The van der Waals surface area contributed by atoms with Crippen LogP contribution in [0.1, 0.15) is 36.9 Å². The second-order valence-electron chi connectivity index (χ2n) is 8.01. The van der Waals surface area contributed by atoms with Gasteiger partial charge >= 0.3 is 0 Å². The van der Waals surface area contributed by atoms with Gasteiger partial charge in [-0.3, -0.25) is 9.80 Å².